The fraction of sp³-hybridized carbons (Fsp3) is 0.308. The van der Waals surface area contributed by atoms with Crippen LogP contribution in [0.2, 0.25) is 0 Å². The summed E-state index contributed by atoms with van der Waals surface area (Å²) in [4.78, 5) is 11.8. The van der Waals surface area contributed by atoms with Crippen LogP contribution in [0.1, 0.15) is 29.7 Å². The Morgan fingerprint density at radius 2 is 2.26 bits per heavy atom. The summed E-state index contributed by atoms with van der Waals surface area (Å²) < 4.78 is 5.58. The van der Waals surface area contributed by atoms with Crippen LogP contribution in [0, 0.1) is 0 Å². The minimum atomic E-state index is -0.860. The topological polar surface area (TPSA) is 76.2 Å². The van der Waals surface area contributed by atoms with E-state index in [4.69, 9.17) is 9.52 Å². The first kappa shape index (κ1) is 12.2. The lowest BCUT2D eigenvalue weighted by Gasteiger charge is -2.04. The molecule has 1 aromatic carbocycles. The van der Waals surface area contributed by atoms with Gasteiger partial charge in [0.1, 0.15) is 0 Å². The summed E-state index contributed by atoms with van der Waals surface area (Å²) in [6.07, 6.45) is 0.293. The van der Waals surface area contributed by atoms with E-state index in [2.05, 4.69) is 22.3 Å². The lowest BCUT2D eigenvalue weighted by molar-refractivity contribution is -0.137. The van der Waals surface area contributed by atoms with Gasteiger partial charge in [-0.25, -0.2) is 0 Å². The van der Waals surface area contributed by atoms with Crippen molar-refractivity contribution in [3.05, 3.63) is 41.6 Å². The highest BCUT2D eigenvalue weighted by Gasteiger charge is 2.28. The highest BCUT2D eigenvalue weighted by Crippen LogP contribution is 2.42. The highest BCUT2D eigenvalue weighted by molar-refractivity contribution is 7.99. The van der Waals surface area contributed by atoms with Crippen molar-refractivity contribution in [2.75, 3.05) is 5.75 Å². The van der Waals surface area contributed by atoms with Gasteiger partial charge in [-0.2, -0.15) is 0 Å². The second-order valence-electron chi connectivity index (χ2n) is 4.33. The first-order valence-corrected chi connectivity index (χ1v) is 6.98. The van der Waals surface area contributed by atoms with Gasteiger partial charge < -0.3 is 9.52 Å². The summed E-state index contributed by atoms with van der Waals surface area (Å²) in [6.45, 7) is 0. The van der Waals surface area contributed by atoms with Crippen molar-refractivity contribution in [1.82, 2.24) is 10.2 Å². The third-order valence-electron chi connectivity index (χ3n) is 3.03. The van der Waals surface area contributed by atoms with Crippen molar-refractivity contribution in [3.8, 4) is 0 Å². The van der Waals surface area contributed by atoms with Crippen molar-refractivity contribution in [3.63, 3.8) is 0 Å². The average Bonchev–Trinajstić information content (AvgIpc) is 3.02. The molecule has 98 valence electrons. The molecule has 0 saturated carbocycles. The molecule has 0 amide bonds. The number of carboxylic acid groups (broad SMARTS) is 1. The van der Waals surface area contributed by atoms with Crippen LogP contribution in [0.4, 0.5) is 0 Å². The smallest absolute Gasteiger partial charge is 0.303 e. The van der Waals surface area contributed by atoms with Crippen LogP contribution in [0.15, 0.2) is 33.6 Å². The molecule has 0 spiro atoms. The molecule has 2 aromatic rings. The van der Waals surface area contributed by atoms with Crippen molar-refractivity contribution >= 4 is 17.7 Å². The van der Waals surface area contributed by atoms with Crippen molar-refractivity contribution in [1.29, 1.82) is 0 Å². The minimum absolute atomic E-state index is 0.0115. The van der Waals surface area contributed by atoms with Crippen molar-refractivity contribution < 1.29 is 14.3 Å². The molecule has 5 nitrogen and oxygen atoms in total. The van der Waals surface area contributed by atoms with Gasteiger partial charge in [-0.05, 0) is 11.6 Å². The van der Waals surface area contributed by atoms with Crippen LogP contribution in [0.25, 0.3) is 0 Å². The zero-order valence-electron chi connectivity index (χ0n) is 10.1. The first-order valence-electron chi connectivity index (χ1n) is 6.00. The van der Waals surface area contributed by atoms with Gasteiger partial charge in [0.05, 0.1) is 12.3 Å². The number of benzene rings is 1. The quantitative estimate of drug-likeness (QED) is 0.923. The number of hydrogen-bond acceptors (Lipinski definition) is 5. The Hall–Kier alpha value is -1.82. The zero-order valence-corrected chi connectivity index (χ0v) is 10.9. The molecule has 0 radical (unpaired) electrons. The van der Waals surface area contributed by atoms with Gasteiger partial charge in [0, 0.05) is 17.1 Å². The van der Waals surface area contributed by atoms with Crippen LogP contribution < -0.4 is 0 Å². The van der Waals surface area contributed by atoms with Gasteiger partial charge >= 0.3 is 5.97 Å². The number of nitrogens with zero attached hydrogens (tertiary/aromatic N) is 2. The Bertz CT molecular complexity index is 611. The van der Waals surface area contributed by atoms with E-state index in [9.17, 15) is 4.79 Å². The maximum Gasteiger partial charge on any atom is 0.303 e. The van der Waals surface area contributed by atoms with Gasteiger partial charge in [0.2, 0.25) is 11.8 Å². The summed E-state index contributed by atoms with van der Waals surface area (Å²) in [6, 6.07) is 8.17. The number of aliphatic carboxylic acids is 1. The van der Waals surface area contributed by atoms with Crippen LogP contribution in [0.5, 0.6) is 0 Å². The molecule has 1 aliphatic rings. The third-order valence-corrected chi connectivity index (χ3v) is 4.22. The number of aryl methyl sites for hydroxylation is 1. The molecule has 2 heterocycles. The number of thioether (sulfide) groups is 1. The lowest BCUT2D eigenvalue weighted by Crippen LogP contribution is -1.99. The van der Waals surface area contributed by atoms with E-state index in [1.165, 1.54) is 10.5 Å². The van der Waals surface area contributed by atoms with Crippen molar-refractivity contribution in [2.45, 2.75) is 23.7 Å². The zero-order chi connectivity index (χ0) is 13.2. The largest absolute Gasteiger partial charge is 0.481 e. The monoisotopic (exact) mass is 276 g/mol. The summed E-state index contributed by atoms with van der Waals surface area (Å²) in [5.41, 5.74) is 1.21. The molecule has 1 aliphatic heterocycles. The lowest BCUT2D eigenvalue weighted by atomic mass is 10.0. The maximum atomic E-state index is 10.5. The standard InChI is InChI=1S/C13H12N2O3S/c16-12(17)6-5-11-14-15-13(18-11)9-7-19-10-4-2-1-3-8(9)10/h1-4,9H,5-7H2,(H,16,17). The predicted molar refractivity (Wildman–Crippen MR) is 69.3 cm³/mol. The Morgan fingerprint density at radius 3 is 3.11 bits per heavy atom. The van der Waals surface area contributed by atoms with Crippen LogP contribution >= 0.6 is 11.8 Å². The molecule has 19 heavy (non-hydrogen) atoms. The molecule has 0 aliphatic carbocycles. The second-order valence-corrected chi connectivity index (χ2v) is 5.39. The van der Waals surface area contributed by atoms with Crippen LogP contribution in [-0.4, -0.2) is 27.0 Å². The van der Waals surface area contributed by atoms with Gasteiger partial charge in [0.25, 0.3) is 0 Å². The molecular formula is C13H12N2O3S. The predicted octanol–water partition coefficient (Wildman–Crippen LogP) is 2.32. The van der Waals surface area contributed by atoms with Gasteiger partial charge in [-0.1, -0.05) is 18.2 Å². The number of fused-ring (bicyclic) bond motifs is 1. The van der Waals surface area contributed by atoms with Gasteiger partial charge in [0.15, 0.2) is 0 Å². The fourth-order valence-electron chi connectivity index (χ4n) is 2.09. The molecule has 1 N–H and O–H groups in total. The summed E-state index contributed by atoms with van der Waals surface area (Å²) in [5.74, 6) is 1.12. The molecular weight excluding hydrogens is 264 g/mol. The van der Waals surface area contributed by atoms with Crippen LogP contribution in [0.3, 0.4) is 0 Å². The van der Waals surface area contributed by atoms with E-state index in [1.54, 1.807) is 11.8 Å². The molecule has 0 bridgehead atoms. The van der Waals surface area contributed by atoms with E-state index in [1.807, 2.05) is 12.1 Å². The second kappa shape index (κ2) is 5.05. The number of hydrogen-bond donors (Lipinski definition) is 1. The molecule has 1 aromatic heterocycles. The molecule has 1 atom stereocenters. The van der Waals surface area contributed by atoms with Crippen LogP contribution in [-0.2, 0) is 11.2 Å². The van der Waals surface area contributed by atoms with Crippen molar-refractivity contribution in [2.24, 2.45) is 0 Å². The Morgan fingerprint density at radius 1 is 1.42 bits per heavy atom. The van der Waals surface area contributed by atoms with E-state index in [0.717, 1.165) is 5.75 Å². The van der Waals surface area contributed by atoms with Gasteiger partial charge in [-0.15, -0.1) is 22.0 Å². The minimum Gasteiger partial charge on any atom is -0.481 e. The summed E-state index contributed by atoms with van der Waals surface area (Å²) in [5, 5.41) is 16.6. The average molecular weight is 276 g/mol. The molecule has 1 unspecified atom stereocenters. The summed E-state index contributed by atoms with van der Waals surface area (Å²) >= 11 is 1.78. The van der Waals surface area contributed by atoms with E-state index in [-0.39, 0.29) is 18.8 Å². The number of carboxylic acids is 1. The molecule has 0 saturated heterocycles. The maximum absolute atomic E-state index is 10.5. The van der Waals surface area contributed by atoms with Gasteiger partial charge in [-0.3, -0.25) is 4.79 Å². The Balaban J connectivity index is 1.79. The SMILES string of the molecule is O=C(O)CCc1nnc(C2CSc3ccccc32)o1. The van der Waals surface area contributed by atoms with E-state index in [0.29, 0.717) is 11.8 Å². The number of aromatic nitrogens is 2. The highest BCUT2D eigenvalue weighted by atomic mass is 32.2. The molecule has 3 rings (SSSR count). The fourth-order valence-corrected chi connectivity index (χ4v) is 3.31. The number of rotatable bonds is 4. The molecule has 0 fully saturated rings. The molecule has 6 heteroatoms. The first-order chi connectivity index (χ1) is 9.24. The Labute approximate surface area is 114 Å². The number of carbonyl (C=O) groups is 1. The summed E-state index contributed by atoms with van der Waals surface area (Å²) in [7, 11) is 0. The van der Waals surface area contributed by atoms with E-state index >= 15 is 0 Å². The Kier molecular flexibility index (Phi) is 3.25. The normalized spacial score (nSPS) is 17.4. The van der Waals surface area contributed by atoms with E-state index < -0.39 is 5.97 Å². The third kappa shape index (κ3) is 2.49.